The van der Waals surface area contributed by atoms with Gasteiger partial charge in [-0.1, -0.05) is 42.5 Å². The molecule has 2 heterocycles. The predicted molar refractivity (Wildman–Crippen MR) is 123 cm³/mol. The molecule has 1 aliphatic heterocycles. The third-order valence-corrected chi connectivity index (χ3v) is 6.02. The number of pyridine rings is 1. The van der Waals surface area contributed by atoms with Crippen molar-refractivity contribution in [1.82, 2.24) is 14.8 Å². The number of carbonyl (C=O) groups excluding carboxylic acids is 2. The van der Waals surface area contributed by atoms with Crippen LogP contribution in [0.2, 0.25) is 0 Å². The van der Waals surface area contributed by atoms with Crippen molar-refractivity contribution < 1.29 is 19.1 Å². The number of aromatic hydroxyl groups is 1. The van der Waals surface area contributed by atoms with Gasteiger partial charge in [-0.15, -0.1) is 0 Å². The van der Waals surface area contributed by atoms with Crippen molar-refractivity contribution in [2.75, 3.05) is 26.2 Å². The Balaban J connectivity index is 1.55. The van der Waals surface area contributed by atoms with Gasteiger partial charge in [0.05, 0.1) is 5.92 Å². The predicted octanol–water partition coefficient (Wildman–Crippen LogP) is 3.76. The molecular formula is C26H26FN3O3. The van der Waals surface area contributed by atoms with Crippen LogP contribution in [-0.4, -0.2) is 57.9 Å². The van der Waals surface area contributed by atoms with Crippen molar-refractivity contribution >= 4 is 11.8 Å². The van der Waals surface area contributed by atoms with E-state index in [9.17, 15) is 19.1 Å². The van der Waals surface area contributed by atoms with Crippen LogP contribution in [0.5, 0.6) is 5.75 Å². The van der Waals surface area contributed by atoms with Gasteiger partial charge in [0.15, 0.2) is 5.69 Å². The average Bonchev–Trinajstić information content (AvgIpc) is 2.98. The van der Waals surface area contributed by atoms with E-state index in [1.165, 1.54) is 18.3 Å². The third-order valence-electron chi connectivity index (χ3n) is 6.02. The smallest absolute Gasteiger partial charge is 0.276 e. The lowest BCUT2D eigenvalue weighted by molar-refractivity contribution is -0.134. The highest BCUT2D eigenvalue weighted by Gasteiger charge is 2.33. The molecule has 33 heavy (non-hydrogen) atoms. The second kappa shape index (κ2) is 9.81. The van der Waals surface area contributed by atoms with E-state index in [4.69, 9.17) is 0 Å². The number of nitrogens with zero attached hydrogens (tertiary/aromatic N) is 3. The lowest BCUT2D eigenvalue weighted by Gasteiger charge is -2.23. The van der Waals surface area contributed by atoms with Crippen LogP contribution in [0, 0.1) is 11.7 Å². The molecule has 0 unspecified atom stereocenters. The Labute approximate surface area is 192 Å². The summed E-state index contributed by atoms with van der Waals surface area (Å²) in [7, 11) is 0. The first kappa shape index (κ1) is 22.5. The second-order valence-electron chi connectivity index (χ2n) is 8.12. The van der Waals surface area contributed by atoms with Crippen LogP contribution < -0.4 is 0 Å². The Kier molecular flexibility index (Phi) is 6.68. The fourth-order valence-corrected chi connectivity index (χ4v) is 4.21. The molecule has 1 atom stereocenters. The lowest BCUT2D eigenvalue weighted by Crippen LogP contribution is -2.38. The Morgan fingerprint density at radius 3 is 2.55 bits per heavy atom. The summed E-state index contributed by atoms with van der Waals surface area (Å²) >= 11 is 0. The molecule has 0 radical (unpaired) electrons. The molecule has 1 saturated heterocycles. The van der Waals surface area contributed by atoms with Crippen molar-refractivity contribution in [2.45, 2.75) is 13.3 Å². The van der Waals surface area contributed by atoms with E-state index >= 15 is 0 Å². The van der Waals surface area contributed by atoms with Gasteiger partial charge in [-0.05, 0) is 42.7 Å². The molecule has 3 aromatic rings. The average molecular weight is 448 g/mol. The van der Waals surface area contributed by atoms with Gasteiger partial charge in [-0.25, -0.2) is 9.37 Å². The number of likely N-dealkylation sites (N-methyl/N-ethyl adjacent to an activating group) is 1. The Morgan fingerprint density at radius 1 is 1.09 bits per heavy atom. The largest absolute Gasteiger partial charge is 0.505 e. The molecule has 2 amide bonds. The van der Waals surface area contributed by atoms with Gasteiger partial charge in [0, 0.05) is 37.9 Å². The van der Waals surface area contributed by atoms with Crippen molar-refractivity contribution in [3.63, 3.8) is 0 Å². The molecule has 4 rings (SSSR count). The fraction of sp³-hybridized carbons (Fsp3) is 0.269. The van der Waals surface area contributed by atoms with Crippen molar-refractivity contribution in [2.24, 2.45) is 5.92 Å². The summed E-state index contributed by atoms with van der Waals surface area (Å²) in [5.74, 6) is -1.28. The van der Waals surface area contributed by atoms with Crippen LogP contribution in [-0.2, 0) is 11.2 Å². The minimum absolute atomic E-state index is 0.00350. The highest BCUT2D eigenvalue weighted by molar-refractivity contribution is 5.95. The van der Waals surface area contributed by atoms with Crippen molar-refractivity contribution in [3.05, 3.63) is 83.9 Å². The zero-order valence-electron chi connectivity index (χ0n) is 18.4. The van der Waals surface area contributed by atoms with Gasteiger partial charge in [0.2, 0.25) is 5.91 Å². The maximum Gasteiger partial charge on any atom is 0.276 e. The molecule has 2 aromatic carbocycles. The molecular weight excluding hydrogens is 421 g/mol. The quantitative estimate of drug-likeness (QED) is 0.647. The number of carbonyl (C=O) groups is 2. The lowest BCUT2D eigenvalue weighted by atomic mass is 9.95. The molecule has 0 aliphatic carbocycles. The number of amides is 2. The maximum absolute atomic E-state index is 14.1. The molecule has 0 spiro atoms. The number of halogens is 1. The topological polar surface area (TPSA) is 73.7 Å². The van der Waals surface area contributed by atoms with E-state index in [2.05, 4.69) is 4.98 Å². The fourth-order valence-electron chi connectivity index (χ4n) is 4.21. The van der Waals surface area contributed by atoms with Gasteiger partial charge in [0.25, 0.3) is 5.91 Å². The monoisotopic (exact) mass is 447 g/mol. The first-order valence-electron chi connectivity index (χ1n) is 11.0. The van der Waals surface area contributed by atoms with Crippen LogP contribution in [0.15, 0.2) is 66.9 Å². The standard InChI is InChI=1S/C26H26FN3O3/c1-2-29-14-15-30(26(33)24-23(31)8-5-13-28-24)17-20(25(29)32)16-18-9-11-19(12-10-18)21-6-3-4-7-22(21)27/h3-13,20,31H,2,14-17H2,1H3/t20-/m1/s1. The SMILES string of the molecule is CCN1CCN(C(=O)c2ncccc2O)C[C@@H](Cc2ccc(-c3ccccc3F)cc2)C1=O. The molecule has 0 bridgehead atoms. The van der Waals surface area contributed by atoms with Crippen molar-refractivity contribution in [3.8, 4) is 16.9 Å². The molecule has 170 valence electrons. The van der Waals surface area contributed by atoms with Crippen molar-refractivity contribution in [1.29, 1.82) is 0 Å². The summed E-state index contributed by atoms with van der Waals surface area (Å²) in [6.45, 7) is 3.51. The van der Waals surface area contributed by atoms with Gasteiger partial charge in [-0.2, -0.15) is 0 Å². The molecule has 1 aromatic heterocycles. The second-order valence-corrected chi connectivity index (χ2v) is 8.12. The number of rotatable bonds is 5. The number of aromatic nitrogens is 1. The summed E-state index contributed by atoms with van der Waals surface area (Å²) in [4.78, 5) is 33.6. The molecule has 7 heteroatoms. The highest BCUT2D eigenvalue weighted by Crippen LogP contribution is 2.25. The Morgan fingerprint density at radius 2 is 1.85 bits per heavy atom. The van der Waals surface area contributed by atoms with Crippen LogP contribution in [0.3, 0.4) is 0 Å². The molecule has 1 N–H and O–H groups in total. The molecule has 1 aliphatic rings. The van der Waals surface area contributed by atoms with E-state index in [0.717, 1.165) is 11.1 Å². The van der Waals surface area contributed by atoms with E-state index in [-0.39, 0.29) is 29.7 Å². The van der Waals surface area contributed by atoms with Gasteiger partial charge >= 0.3 is 0 Å². The summed E-state index contributed by atoms with van der Waals surface area (Å²) in [6.07, 6.45) is 1.91. The zero-order valence-corrected chi connectivity index (χ0v) is 18.4. The van der Waals surface area contributed by atoms with E-state index < -0.39 is 11.8 Å². The highest BCUT2D eigenvalue weighted by atomic mass is 19.1. The van der Waals surface area contributed by atoms with Crippen LogP contribution in [0.25, 0.3) is 11.1 Å². The summed E-state index contributed by atoms with van der Waals surface area (Å²) < 4.78 is 14.1. The van der Waals surface area contributed by atoms with Crippen LogP contribution in [0.4, 0.5) is 4.39 Å². The van der Waals surface area contributed by atoms with Crippen LogP contribution in [0.1, 0.15) is 23.0 Å². The van der Waals surface area contributed by atoms with Gasteiger partial charge in [0.1, 0.15) is 11.6 Å². The van der Waals surface area contributed by atoms with E-state index in [1.54, 1.807) is 34.1 Å². The van der Waals surface area contributed by atoms with Gasteiger partial charge in [-0.3, -0.25) is 9.59 Å². The minimum atomic E-state index is -0.429. The molecule has 0 saturated carbocycles. The first-order valence-corrected chi connectivity index (χ1v) is 11.0. The number of benzene rings is 2. The summed E-state index contributed by atoms with van der Waals surface area (Å²) in [5.41, 5.74) is 2.21. The molecule has 1 fully saturated rings. The van der Waals surface area contributed by atoms with E-state index in [1.807, 2.05) is 31.2 Å². The summed E-state index contributed by atoms with van der Waals surface area (Å²) in [6, 6.07) is 17.1. The van der Waals surface area contributed by atoms with Crippen LogP contribution >= 0.6 is 0 Å². The van der Waals surface area contributed by atoms with Gasteiger partial charge < -0.3 is 14.9 Å². The summed E-state index contributed by atoms with van der Waals surface area (Å²) in [5, 5.41) is 10.1. The number of hydrogen-bond acceptors (Lipinski definition) is 4. The zero-order chi connectivity index (χ0) is 23.4. The Hall–Kier alpha value is -3.74. The number of hydrogen-bond donors (Lipinski definition) is 1. The normalized spacial score (nSPS) is 16.5. The maximum atomic E-state index is 14.1. The first-order chi connectivity index (χ1) is 16.0. The Bertz CT molecular complexity index is 1150. The van der Waals surface area contributed by atoms with E-state index in [0.29, 0.717) is 31.6 Å². The third kappa shape index (κ3) is 4.87. The minimum Gasteiger partial charge on any atom is -0.505 e. The molecule has 6 nitrogen and oxygen atoms in total.